The quantitative estimate of drug-likeness (QED) is 0.713. The van der Waals surface area contributed by atoms with Crippen molar-refractivity contribution in [3.63, 3.8) is 0 Å². The fraction of sp³-hybridized carbons (Fsp3) is 0.786. The molecule has 0 radical (unpaired) electrons. The molecular weight excluding hydrogens is 258 g/mol. The van der Waals surface area contributed by atoms with Crippen LogP contribution in [0.2, 0.25) is 0 Å². The Morgan fingerprint density at radius 1 is 1.40 bits per heavy atom. The lowest BCUT2D eigenvalue weighted by molar-refractivity contribution is -0.140. The number of likely N-dealkylation sites (N-methyl/N-ethyl adjacent to an activating group) is 1. The van der Waals surface area contributed by atoms with Crippen molar-refractivity contribution in [1.82, 2.24) is 10.2 Å². The van der Waals surface area contributed by atoms with Crippen LogP contribution >= 0.6 is 0 Å². The molecule has 6 heteroatoms. The number of imide groups is 1. The number of nitrogens with two attached hydrogens (primary N) is 1. The number of nitrogens with one attached hydrogen (secondary N) is 1. The average molecular weight is 281 g/mol. The molecule has 112 valence electrons. The average Bonchev–Trinajstić information content (AvgIpc) is 2.67. The first-order chi connectivity index (χ1) is 9.39. The zero-order chi connectivity index (χ0) is 14.9. The van der Waals surface area contributed by atoms with Crippen molar-refractivity contribution in [2.45, 2.75) is 45.1 Å². The number of amides is 3. The van der Waals surface area contributed by atoms with Crippen molar-refractivity contribution in [2.24, 2.45) is 17.1 Å². The minimum Gasteiger partial charge on any atom is -0.343 e. The number of nitrogens with zero attached hydrogens (tertiary/aromatic N) is 1. The van der Waals surface area contributed by atoms with E-state index in [1.165, 1.54) is 7.05 Å². The zero-order valence-corrected chi connectivity index (χ0v) is 12.1. The summed E-state index contributed by atoms with van der Waals surface area (Å²) in [6.07, 6.45) is 3.50. The second kappa shape index (κ2) is 5.52. The predicted octanol–water partition coefficient (Wildman–Crippen LogP) is 0.0151. The highest BCUT2D eigenvalue weighted by Crippen LogP contribution is 2.38. The van der Waals surface area contributed by atoms with E-state index in [4.69, 9.17) is 5.73 Å². The molecule has 1 aliphatic carbocycles. The highest BCUT2D eigenvalue weighted by molar-refractivity contribution is 6.06. The molecule has 0 aromatic heterocycles. The van der Waals surface area contributed by atoms with E-state index >= 15 is 0 Å². The molecule has 20 heavy (non-hydrogen) atoms. The van der Waals surface area contributed by atoms with Crippen molar-refractivity contribution in [1.29, 1.82) is 0 Å². The summed E-state index contributed by atoms with van der Waals surface area (Å²) in [5, 5.41) is 2.73. The van der Waals surface area contributed by atoms with Gasteiger partial charge < -0.3 is 11.1 Å². The van der Waals surface area contributed by atoms with Crippen LogP contribution in [0.1, 0.15) is 39.0 Å². The summed E-state index contributed by atoms with van der Waals surface area (Å²) in [5.74, 6) is -0.143. The summed E-state index contributed by atoms with van der Waals surface area (Å²) in [7, 11) is 1.44. The number of carbonyl (C=O) groups is 3. The molecule has 0 bridgehead atoms. The Morgan fingerprint density at radius 2 is 2.00 bits per heavy atom. The van der Waals surface area contributed by atoms with E-state index in [0.717, 1.165) is 30.6 Å². The lowest BCUT2D eigenvalue weighted by Crippen LogP contribution is -2.52. The van der Waals surface area contributed by atoms with Crippen molar-refractivity contribution in [3.05, 3.63) is 0 Å². The van der Waals surface area contributed by atoms with Crippen LogP contribution in [0.15, 0.2) is 0 Å². The smallest absolute Gasteiger partial charge is 0.252 e. The van der Waals surface area contributed by atoms with Crippen molar-refractivity contribution < 1.29 is 14.4 Å². The molecule has 6 nitrogen and oxygen atoms in total. The molecule has 0 spiro atoms. The Kier molecular flexibility index (Phi) is 4.13. The van der Waals surface area contributed by atoms with E-state index in [2.05, 4.69) is 12.2 Å². The Bertz CT molecular complexity index is 427. The highest BCUT2D eigenvalue weighted by atomic mass is 16.2. The molecule has 2 aliphatic rings. The molecule has 2 fully saturated rings. The van der Waals surface area contributed by atoms with E-state index in [-0.39, 0.29) is 30.7 Å². The third-order valence-corrected chi connectivity index (χ3v) is 4.79. The summed E-state index contributed by atoms with van der Waals surface area (Å²) in [5.41, 5.74) is 5.25. The number of hydrogen-bond donors (Lipinski definition) is 2. The van der Waals surface area contributed by atoms with Gasteiger partial charge in [-0.25, -0.2) is 0 Å². The van der Waals surface area contributed by atoms with Crippen LogP contribution in [-0.4, -0.2) is 42.3 Å². The van der Waals surface area contributed by atoms with Gasteiger partial charge in [-0.05, 0) is 31.6 Å². The van der Waals surface area contributed by atoms with E-state index < -0.39 is 11.5 Å². The van der Waals surface area contributed by atoms with E-state index in [0.29, 0.717) is 5.92 Å². The van der Waals surface area contributed by atoms with Crippen LogP contribution < -0.4 is 11.1 Å². The van der Waals surface area contributed by atoms with Crippen LogP contribution in [0.5, 0.6) is 0 Å². The highest BCUT2D eigenvalue weighted by Gasteiger charge is 2.44. The van der Waals surface area contributed by atoms with Crippen LogP contribution in [0, 0.1) is 11.3 Å². The molecule has 0 aromatic carbocycles. The first kappa shape index (κ1) is 15.0. The maximum atomic E-state index is 12.5. The predicted molar refractivity (Wildman–Crippen MR) is 73.4 cm³/mol. The SMILES string of the molecule is CC1CCC(CN)(C(=O)NC2CC(=O)N(C)C2=O)CC1. The second-order valence-electron chi connectivity index (χ2n) is 6.19. The molecule has 2 rings (SSSR count). The first-order valence-electron chi connectivity index (χ1n) is 7.21. The number of likely N-dealkylation sites (tertiary alicyclic amines) is 1. The largest absolute Gasteiger partial charge is 0.343 e. The van der Waals surface area contributed by atoms with Crippen LogP contribution in [0.25, 0.3) is 0 Å². The number of rotatable bonds is 3. The lowest BCUT2D eigenvalue weighted by atomic mass is 9.70. The lowest BCUT2D eigenvalue weighted by Gasteiger charge is -2.37. The molecule has 3 N–H and O–H groups in total. The maximum absolute atomic E-state index is 12.5. The summed E-state index contributed by atoms with van der Waals surface area (Å²) >= 11 is 0. The van der Waals surface area contributed by atoms with Crippen LogP contribution in [0.3, 0.4) is 0 Å². The fourth-order valence-electron chi connectivity index (χ4n) is 3.02. The topological polar surface area (TPSA) is 92.5 Å². The summed E-state index contributed by atoms with van der Waals surface area (Å²) in [6, 6.07) is -0.720. The van der Waals surface area contributed by atoms with Crippen molar-refractivity contribution in [2.75, 3.05) is 13.6 Å². The monoisotopic (exact) mass is 281 g/mol. The summed E-state index contributed by atoms with van der Waals surface area (Å²) in [4.78, 5) is 36.9. The molecule has 3 amide bonds. The molecule has 1 atom stereocenters. The van der Waals surface area contributed by atoms with Crippen LogP contribution in [0.4, 0.5) is 0 Å². The van der Waals surface area contributed by atoms with Crippen LogP contribution in [-0.2, 0) is 14.4 Å². The molecule has 1 saturated heterocycles. The standard InChI is InChI=1S/C14H23N3O3/c1-9-3-5-14(8-15,6-4-9)13(20)16-10-7-11(18)17(2)12(10)19/h9-10H,3-8,15H2,1-2H3,(H,16,20). The first-order valence-corrected chi connectivity index (χ1v) is 7.21. The maximum Gasteiger partial charge on any atom is 0.252 e. The van der Waals surface area contributed by atoms with E-state index in [9.17, 15) is 14.4 Å². The van der Waals surface area contributed by atoms with Gasteiger partial charge in [-0.15, -0.1) is 0 Å². The third-order valence-electron chi connectivity index (χ3n) is 4.79. The van der Waals surface area contributed by atoms with Gasteiger partial charge in [-0.2, -0.15) is 0 Å². The molecule has 1 saturated carbocycles. The Balaban J connectivity index is 2.04. The molecule has 1 heterocycles. The van der Waals surface area contributed by atoms with Gasteiger partial charge in [0.1, 0.15) is 6.04 Å². The van der Waals surface area contributed by atoms with Crippen molar-refractivity contribution in [3.8, 4) is 0 Å². The second-order valence-corrected chi connectivity index (χ2v) is 6.19. The minimum absolute atomic E-state index is 0.0537. The van der Waals surface area contributed by atoms with Crippen molar-refractivity contribution >= 4 is 17.7 Å². The van der Waals surface area contributed by atoms with Gasteiger partial charge in [-0.1, -0.05) is 6.92 Å². The third kappa shape index (κ3) is 2.57. The van der Waals surface area contributed by atoms with Gasteiger partial charge >= 0.3 is 0 Å². The minimum atomic E-state index is -0.720. The van der Waals surface area contributed by atoms with Gasteiger partial charge in [0.05, 0.1) is 11.8 Å². The number of carbonyl (C=O) groups excluding carboxylic acids is 3. The van der Waals surface area contributed by atoms with Gasteiger partial charge in [0.15, 0.2) is 0 Å². The van der Waals surface area contributed by atoms with E-state index in [1.54, 1.807) is 0 Å². The van der Waals surface area contributed by atoms with Gasteiger partial charge in [-0.3, -0.25) is 19.3 Å². The molecule has 1 unspecified atom stereocenters. The molecule has 0 aromatic rings. The fourth-order valence-corrected chi connectivity index (χ4v) is 3.02. The molecule has 1 aliphatic heterocycles. The number of hydrogen-bond acceptors (Lipinski definition) is 4. The summed E-state index contributed by atoms with van der Waals surface area (Å²) < 4.78 is 0. The Labute approximate surface area is 119 Å². The Hall–Kier alpha value is -1.43. The van der Waals surface area contributed by atoms with Gasteiger partial charge in [0, 0.05) is 13.6 Å². The Morgan fingerprint density at radius 3 is 2.45 bits per heavy atom. The molecular formula is C14H23N3O3. The normalized spacial score (nSPS) is 34.5. The summed E-state index contributed by atoms with van der Waals surface area (Å²) in [6.45, 7) is 2.46. The van der Waals surface area contributed by atoms with E-state index in [1.807, 2.05) is 0 Å². The van der Waals surface area contributed by atoms with Gasteiger partial charge in [0.25, 0.3) is 5.91 Å². The van der Waals surface area contributed by atoms with Gasteiger partial charge in [0.2, 0.25) is 11.8 Å². The zero-order valence-electron chi connectivity index (χ0n) is 12.1.